The first-order chi connectivity index (χ1) is 13.6. The van der Waals surface area contributed by atoms with E-state index in [-0.39, 0.29) is 16.2 Å². The second kappa shape index (κ2) is 7.29. The number of hydrogen-bond donors (Lipinski definition) is 0. The highest BCUT2D eigenvalue weighted by Crippen LogP contribution is 2.48. The van der Waals surface area contributed by atoms with E-state index >= 15 is 0 Å². The van der Waals surface area contributed by atoms with Crippen molar-refractivity contribution in [1.29, 1.82) is 0 Å². The van der Waals surface area contributed by atoms with Crippen LogP contribution in [0, 0.1) is 6.42 Å². The van der Waals surface area contributed by atoms with Crippen molar-refractivity contribution in [1.82, 2.24) is 0 Å². The smallest absolute Gasteiger partial charge is 0.131 e. The van der Waals surface area contributed by atoms with Gasteiger partial charge in [-0.15, -0.1) is 0 Å². The second-order valence-corrected chi connectivity index (χ2v) is 11.9. The van der Waals surface area contributed by atoms with Crippen molar-refractivity contribution in [3.05, 3.63) is 64.1 Å². The fourth-order valence-corrected chi connectivity index (χ4v) is 4.18. The molecule has 0 aromatic heterocycles. The largest absolute Gasteiger partial charge is 0.496 e. The van der Waals surface area contributed by atoms with Crippen molar-refractivity contribution in [3.63, 3.8) is 0 Å². The highest BCUT2D eigenvalue weighted by atomic mass is 16.5. The lowest BCUT2D eigenvalue weighted by molar-refractivity contribution is 0.399. The molecule has 0 spiro atoms. The lowest BCUT2D eigenvalue weighted by Crippen LogP contribution is -2.17. The highest BCUT2D eigenvalue weighted by molar-refractivity contribution is 5.89. The van der Waals surface area contributed by atoms with Gasteiger partial charge in [0.15, 0.2) is 0 Å². The van der Waals surface area contributed by atoms with Gasteiger partial charge in [0.25, 0.3) is 0 Å². The van der Waals surface area contributed by atoms with Crippen LogP contribution in [0.1, 0.15) is 97.1 Å². The fraction of sp³-hybridized carbons (Fsp3) is 0.483. The molecular weight excluding hydrogens is 364 g/mol. The van der Waals surface area contributed by atoms with E-state index in [0.29, 0.717) is 0 Å². The van der Waals surface area contributed by atoms with Crippen molar-refractivity contribution in [2.24, 2.45) is 0 Å². The van der Waals surface area contributed by atoms with Crippen LogP contribution in [0.3, 0.4) is 0 Å². The minimum Gasteiger partial charge on any atom is -0.496 e. The molecular formula is C29H39O. The first-order valence-corrected chi connectivity index (χ1v) is 11.1. The second-order valence-electron chi connectivity index (χ2n) is 11.9. The molecule has 0 saturated carbocycles. The van der Waals surface area contributed by atoms with Crippen LogP contribution in [0.2, 0.25) is 0 Å². The Morgan fingerprint density at radius 3 is 1.67 bits per heavy atom. The number of rotatable bonds is 2. The number of allylic oxidation sites excluding steroid dienone is 1. The molecule has 1 aliphatic rings. The Morgan fingerprint density at radius 2 is 1.23 bits per heavy atom. The van der Waals surface area contributed by atoms with E-state index in [0.717, 1.165) is 5.75 Å². The molecule has 0 fully saturated rings. The van der Waals surface area contributed by atoms with E-state index in [4.69, 9.17) is 4.74 Å². The highest BCUT2D eigenvalue weighted by Gasteiger charge is 2.29. The minimum absolute atomic E-state index is 0.00600. The molecule has 1 nitrogen and oxygen atoms in total. The number of benzene rings is 2. The summed E-state index contributed by atoms with van der Waals surface area (Å²) in [5.74, 6) is 1.01. The van der Waals surface area contributed by atoms with E-state index in [9.17, 15) is 0 Å². The topological polar surface area (TPSA) is 9.23 Å². The fourth-order valence-electron chi connectivity index (χ4n) is 4.18. The zero-order valence-corrected chi connectivity index (χ0v) is 20.9. The van der Waals surface area contributed by atoms with Gasteiger partial charge < -0.3 is 4.74 Å². The van der Waals surface area contributed by atoms with Crippen LogP contribution in [0.25, 0.3) is 17.2 Å². The molecule has 0 N–H and O–H groups in total. The van der Waals surface area contributed by atoms with E-state index in [1.54, 1.807) is 0 Å². The zero-order chi connectivity index (χ0) is 22.6. The summed E-state index contributed by atoms with van der Waals surface area (Å²) in [6.07, 6.45) is 4.60. The van der Waals surface area contributed by atoms with Gasteiger partial charge in [-0.2, -0.15) is 0 Å². The Balaban J connectivity index is 2.45. The van der Waals surface area contributed by atoms with Crippen molar-refractivity contribution >= 4 is 6.08 Å². The van der Waals surface area contributed by atoms with Gasteiger partial charge in [0.2, 0.25) is 0 Å². The molecule has 2 aromatic carbocycles. The van der Waals surface area contributed by atoms with Crippen LogP contribution >= 0.6 is 0 Å². The van der Waals surface area contributed by atoms with Gasteiger partial charge in [-0.1, -0.05) is 98.2 Å². The first-order valence-electron chi connectivity index (χ1n) is 11.1. The molecule has 3 rings (SSSR count). The summed E-state index contributed by atoms with van der Waals surface area (Å²) in [5.41, 5.74) is 10.5. The van der Waals surface area contributed by atoms with Crippen molar-refractivity contribution in [2.45, 2.75) is 85.5 Å². The van der Waals surface area contributed by atoms with Gasteiger partial charge in [0, 0.05) is 17.5 Å². The van der Waals surface area contributed by atoms with Crippen LogP contribution < -0.4 is 4.74 Å². The number of fused-ring (bicyclic) bond motifs is 1. The van der Waals surface area contributed by atoms with Crippen LogP contribution in [0.4, 0.5) is 0 Å². The minimum atomic E-state index is -0.00600. The van der Waals surface area contributed by atoms with Gasteiger partial charge in [0.05, 0.1) is 7.11 Å². The first kappa shape index (κ1) is 22.7. The average molecular weight is 404 g/mol. The van der Waals surface area contributed by atoms with Crippen LogP contribution in [0.5, 0.6) is 5.75 Å². The van der Waals surface area contributed by atoms with Gasteiger partial charge in [-0.25, -0.2) is 0 Å². The Morgan fingerprint density at radius 1 is 0.700 bits per heavy atom. The number of ether oxygens (including phenoxy) is 1. The Labute approximate surface area is 184 Å². The molecule has 30 heavy (non-hydrogen) atoms. The summed E-state index contributed by atoms with van der Waals surface area (Å²) in [4.78, 5) is 0. The third-order valence-electron chi connectivity index (χ3n) is 6.07. The summed E-state index contributed by atoms with van der Waals surface area (Å²) in [7, 11) is 1.81. The summed E-state index contributed by atoms with van der Waals surface area (Å²) in [5, 5.41) is 0. The summed E-state index contributed by atoms with van der Waals surface area (Å²) in [6, 6.07) is 9.46. The van der Waals surface area contributed by atoms with Crippen molar-refractivity contribution < 1.29 is 4.74 Å². The molecule has 2 aromatic rings. The lowest BCUT2D eigenvalue weighted by Gasteiger charge is -2.29. The Bertz CT molecular complexity index is 966. The third kappa shape index (κ3) is 4.22. The molecule has 0 heterocycles. The van der Waals surface area contributed by atoms with E-state index < -0.39 is 0 Å². The summed E-state index contributed by atoms with van der Waals surface area (Å²) in [6.45, 7) is 22.8. The Hall–Kier alpha value is -2.02. The molecule has 1 aliphatic carbocycles. The molecule has 0 atom stereocenters. The SMILES string of the molecule is COc1c(C(C)(C)C)cc2c(c1-c1cc(C(C)(C)C)cc(C(C)(C)C)c1)C=C(C)[CH]2. The molecule has 161 valence electrons. The normalized spacial score (nSPS) is 14.6. The molecule has 0 aliphatic heterocycles. The predicted molar refractivity (Wildman–Crippen MR) is 132 cm³/mol. The van der Waals surface area contributed by atoms with E-state index in [2.05, 4.69) is 106 Å². The van der Waals surface area contributed by atoms with E-state index in [1.807, 2.05) is 7.11 Å². The molecule has 0 bridgehead atoms. The van der Waals surface area contributed by atoms with Crippen molar-refractivity contribution in [3.8, 4) is 16.9 Å². The maximum Gasteiger partial charge on any atom is 0.131 e. The predicted octanol–water partition coefficient (Wildman–Crippen LogP) is 8.22. The quantitative estimate of drug-likeness (QED) is 0.491. The number of methoxy groups -OCH3 is 1. The molecule has 1 radical (unpaired) electrons. The zero-order valence-electron chi connectivity index (χ0n) is 20.9. The summed E-state index contributed by atoms with van der Waals surface area (Å²) >= 11 is 0. The standard InChI is InChI=1S/C29H39O/c1-18-12-19-16-24(29(8,9)10)26(30-11)25(23(19)13-18)20-14-21(27(2,3)4)17-22(15-20)28(5,6)7/h12-17H,1-11H3. The lowest BCUT2D eigenvalue weighted by atomic mass is 9.77. The van der Waals surface area contributed by atoms with Gasteiger partial charge in [-0.3, -0.25) is 0 Å². The molecule has 1 heteroatoms. The van der Waals surface area contributed by atoms with Gasteiger partial charge >= 0.3 is 0 Å². The third-order valence-corrected chi connectivity index (χ3v) is 6.07. The maximum atomic E-state index is 6.13. The maximum absolute atomic E-state index is 6.13. The molecule has 0 unspecified atom stereocenters. The molecule has 0 saturated heterocycles. The average Bonchev–Trinajstić information content (AvgIpc) is 2.97. The number of hydrogen-bond acceptors (Lipinski definition) is 1. The summed E-state index contributed by atoms with van der Waals surface area (Å²) < 4.78 is 6.13. The van der Waals surface area contributed by atoms with Crippen LogP contribution in [-0.2, 0) is 16.2 Å². The van der Waals surface area contributed by atoms with E-state index in [1.165, 1.54) is 44.5 Å². The van der Waals surface area contributed by atoms with Crippen molar-refractivity contribution in [2.75, 3.05) is 7.11 Å². The van der Waals surface area contributed by atoms with Gasteiger partial charge in [-0.05, 0) is 51.0 Å². The Kier molecular flexibility index (Phi) is 5.51. The molecule has 0 amide bonds. The van der Waals surface area contributed by atoms with Crippen LogP contribution in [-0.4, -0.2) is 7.11 Å². The van der Waals surface area contributed by atoms with Gasteiger partial charge in [0.1, 0.15) is 5.75 Å². The monoisotopic (exact) mass is 403 g/mol. The van der Waals surface area contributed by atoms with Crippen LogP contribution in [0.15, 0.2) is 29.8 Å².